The maximum Gasteiger partial charge on any atom is 0.226 e. The van der Waals surface area contributed by atoms with Crippen LogP contribution in [-0.2, 0) is 16.0 Å². The molecule has 1 aromatic heterocycles. The van der Waals surface area contributed by atoms with Gasteiger partial charge in [0.2, 0.25) is 5.91 Å². The molecule has 5 nitrogen and oxygen atoms in total. The largest absolute Gasteiger partial charge is 0.508 e. The number of amides is 1. The highest BCUT2D eigenvalue weighted by Crippen LogP contribution is 2.62. The number of ketones is 1. The number of Topliss-reactive ketones (excluding diaryl/α,β-unsaturated/α-hetero) is 1. The van der Waals surface area contributed by atoms with E-state index in [9.17, 15) is 14.7 Å². The number of hydrogen-bond donors (Lipinski definition) is 2. The summed E-state index contributed by atoms with van der Waals surface area (Å²) in [6, 6.07) is 3.96. The molecular weight excluding hydrogens is 444 g/mol. The number of carbonyl (C=O) groups excluding carboxylic acids is 2. The summed E-state index contributed by atoms with van der Waals surface area (Å²) in [7, 11) is 0. The number of rotatable bonds is 4. The lowest BCUT2D eigenvalue weighted by molar-refractivity contribution is -0.129. The molecule has 2 saturated carbocycles. The van der Waals surface area contributed by atoms with E-state index in [2.05, 4.69) is 23.3 Å². The molecule has 6 heteroatoms. The van der Waals surface area contributed by atoms with Crippen molar-refractivity contribution in [2.24, 2.45) is 23.2 Å². The van der Waals surface area contributed by atoms with Gasteiger partial charge in [0.05, 0.1) is 0 Å². The van der Waals surface area contributed by atoms with E-state index in [1.165, 1.54) is 22.5 Å². The fourth-order valence-electron chi connectivity index (χ4n) is 7.07. The van der Waals surface area contributed by atoms with Crippen molar-refractivity contribution in [1.29, 1.82) is 0 Å². The van der Waals surface area contributed by atoms with E-state index in [1.54, 1.807) is 6.20 Å². The lowest BCUT2D eigenvalue weighted by atomic mass is 9.53. The second-order valence-electron chi connectivity index (χ2n) is 10.3. The summed E-state index contributed by atoms with van der Waals surface area (Å²) in [5.41, 5.74) is 3.46. The molecule has 3 aliphatic carbocycles. The molecule has 2 fully saturated rings. The van der Waals surface area contributed by atoms with Gasteiger partial charge in [-0.2, -0.15) is 0 Å². The fraction of sp³-hybridized carbons (Fsp3) is 0.607. The first-order valence-corrected chi connectivity index (χ1v) is 13.7. The van der Waals surface area contributed by atoms with Gasteiger partial charge in [0.25, 0.3) is 0 Å². The minimum atomic E-state index is -0.252. The number of aromatic hydroxyl groups is 1. The van der Waals surface area contributed by atoms with Crippen molar-refractivity contribution >= 4 is 28.2 Å². The molecule has 0 aliphatic heterocycles. The first-order chi connectivity index (χ1) is 16.3. The van der Waals surface area contributed by atoms with Gasteiger partial charge < -0.3 is 10.4 Å². The van der Waals surface area contributed by atoms with Crippen molar-refractivity contribution in [3.05, 3.63) is 39.9 Å². The summed E-state index contributed by atoms with van der Waals surface area (Å²) < 4.78 is 0. The number of aryl methyl sites for hydroxylation is 1. The van der Waals surface area contributed by atoms with Gasteiger partial charge in [-0.25, -0.2) is 4.98 Å². The highest BCUT2D eigenvalue weighted by atomic mass is 32.1. The predicted octanol–water partition coefficient (Wildman–Crippen LogP) is 6.56. The van der Waals surface area contributed by atoms with Gasteiger partial charge >= 0.3 is 0 Å². The minimum absolute atomic E-state index is 0.00662. The Morgan fingerprint density at radius 1 is 1.26 bits per heavy atom. The molecule has 3 aliphatic rings. The minimum Gasteiger partial charge on any atom is -0.508 e. The summed E-state index contributed by atoms with van der Waals surface area (Å²) >= 11 is 1.49. The van der Waals surface area contributed by atoms with Crippen molar-refractivity contribution < 1.29 is 14.7 Å². The van der Waals surface area contributed by atoms with Crippen molar-refractivity contribution in [3.63, 3.8) is 0 Å². The number of phenolic OH excluding ortho intramolecular Hbond substituents is 1. The molecule has 0 radical (unpaired) electrons. The van der Waals surface area contributed by atoms with Crippen LogP contribution in [0.15, 0.2) is 18.3 Å². The first-order valence-electron chi connectivity index (χ1n) is 12.8. The zero-order chi connectivity index (χ0) is 24.6. The lowest BCUT2D eigenvalue weighted by Crippen LogP contribution is -2.44. The number of nitrogens with one attached hydrogen (secondary N) is 1. The van der Waals surface area contributed by atoms with Crippen molar-refractivity contribution in [2.45, 2.75) is 85.5 Å². The van der Waals surface area contributed by atoms with Gasteiger partial charge in [0.1, 0.15) is 11.5 Å². The van der Waals surface area contributed by atoms with Crippen molar-refractivity contribution in [2.75, 3.05) is 5.32 Å². The van der Waals surface area contributed by atoms with E-state index in [0.29, 0.717) is 47.3 Å². The molecule has 1 heterocycles. The first kappa shape index (κ1) is 24.9. The number of benzene rings is 1. The van der Waals surface area contributed by atoms with E-state index in [4.69, 9.17) is 0 Å². The van der Waals surface area contributed by atoms with Crippen LogP contribution >= 0.6 is 11.3 Å². The van der Waals surface area contributed by atoms with E-state index >= 15 is 0 Å². The molecule has 5 atom stereocenters. The molecule has 5 unspecified atom stereocenters. The summed E-state index contributed by atoms with van der Waals surface area (Å²) in [6.07, 6.45) is 7.57. The molecule has 2 N–H and O–H groups in total. The summed E-state index contributed by atoms with van der Waals surface area (Å²) in [5.74, 6) is 2.32. The van der Waals surface area contributed by atoms with Gasteiger partial charge in [-0.3, -0.25) is 9.59 Å². The average molecular weight is 483 g/mol. The van der Waals surface area contributed by atoms with Gasteiger partial charge in [-0.05, 0) is 92.4 Å². The zero-order valence-corrected chi connectivity index (χ0v) is 21.9. The third kappa shape index (κ3) is 4.30. The number of thiazole rings is 1. The Morgan fingerprint density at radius 2 is 2.03 bits per heavy atom. The molecule has 0 saturated heterocycles. The van der Waals surface area contributed by atoms with E-state index in [0.717, 1.165) is 42.5 Å². The van der Waals surface area contributed by atoms with Crippen molar-refractivity contribution in [1.82, 2.24) is 4.98 Å². The van der Waals surface area contributed by atoms with Crippen LogP contribution in [0.25, 0.3) is 0 Å². The van der Waals surface area contributed by atoms with Crippen LogP contribution in [0.3, 0.4) is 0 Å². The van der Waals surface area contributed by atoms with Crippen LogP contribution in [0.4, 0.5) is 5.13 Å². The molecule has 5 rings (SSSR count). The van der Waals surface area contributed by atoms with Crippen LogP contribution < -0.4 is 5.32 Å². The van der Waals surface area contributed by atoms with E-state index < -0.39 is 0 Å². The average Bonchev–Trinajstić information content (AvgIpc) is 3.35. The van der Waals surface area contributed by atoms with Crippen LogP contribution in [0.1, 0.15) is 86.8 Å². The van der Waals surface area contributed by atoms with E-state index in [1.807, 2.05) is 33.8 Å². The normalized spacial score (nSPS) is 29.4. The standard InChI is InChI=1S/C26H32N2O3S.C2H6/c1-14-13-27-25(32-14)28-23(31)9-4-16-12-22(30)26(3)11-10-19-18-7-8-21(29)15(2)17(18)5-6-20(19)24(16)26;1-2/h7-8,13,16,19-20,24,29H,4-6,9-12H2,1-3H3,(H,27,28,31);1-2H3. The second kappa shape index (κ2) is 9.80. The Labute approximate surface area is 207 Å². The summed E-state index contributed by atoms with van der Waals surface area (Å²) in [4.78, 5) is 31.0. The fourth-order valence-corrected chi connectivity index (χ4v) is 7.75. The molecule has 2 aromatic rings. The Kier molecular flexibility index (Phi) is 7.18. The second-order valence-corrected chi connectivity index (χ2v) is 11.6. The van der Waals surface area contributed by atoms with Gasteiger partial charge in [0, 0.05) is 29.3 Å². The zero-order valence-electron chi connectivity index (χ0n) is 21.1. The molecular formula is C28H38N2O3S. The molecule has 1 aromatic carbocycles. The lowest BCUT2D eigenvalue weighted by Gasteiger charge is -2.50. The van der Waals surface area contributed by atoms with Crippen LogP contribution in [-0.4, -0.2) is 21.8 Å². The summed E-state index contributed by atoms with van der Waals surface area (Å²) in [6.45, 7) is 10.2. The monoisotopic (exact) mass is 482 g/mol. The third-order valence-electron chi connectivity index (χ3n) is 8.62. The number of anilines is 1. The van der Waals surface area contributed by atoms with Crippen molar-refractivity contribution in [3.8, 4) is 5.75 Å². The number of aromatic nitrogens is 1. The van der Waals surface area contributed by atoms with Gasteiger partial charge in [0.15, 0.2) is 5.13 Å². The third-order valence-corrected chi connectivity index (χ3v) is 9.45. The predicted molar refractivity (Wildman–Crippen MR) is 137 cm³/mol. The van der Waals surface area contributed by atoms with Crippen LogP contribution in [0.2, 0.25) is 0 Å². The molecule has 1 amide bonds. The van der Waals surface area contributed by atoms with E-state index in [-0.39, 0.29) is 17.2 Å². The molecule has 0 bridgehead atoms. The Morgan fingerprint density at radius 3 is 2.74 bits per heavy atom. The number of phenols is 1. The molecule has 184 valence electrons. The number of hydrogen-bond acceptors (Lipinski definition) is 5. The Hall–Kier alpha value is -2.21. The number of nitrogens with zero attached hydrogens (tertiary/aromatic N) is 1. The SMILES string of the molecule is CC.Cc1cnc(NC(=O)CCC2CC(=O)C3(C)CCC4c5ccc(O)c(C)c5CCC4C23)s1. The smallest absolute Gasteiger partial charge is 0.226 e. The maximum atomic E-state index is 13.2. The van der Waals surface area contributed by atoms with Gasteiger partial charge in [-0.1, -0.05) is 26.8 Å². The van der Waals surface area contributed by atoms with Crippen LogP contribution in [0, 0.1) is 37.0 Å². The number of carbonyl (C=O) groups is 2. The van der Waals surface area contributed by atoms with Crippen LogP contribution in [0.5, 0.6) is 5.75 Å². The summed E-state index contributed by atoms with van der Waals surface area (Å²) in [5, 5.41) is 13.8. The highest BCUT2D eigenvalue weighted by Gasteiger charge is 2.58. The Bertz CT molecular complexity index is 1080. The molecule has 0 spiro atoms. The maximum absolute atomic E-state index is 13.2. The number of fused-ring (bicyclic) bond motifs is 5. The topological polar surface area (TPSA) is 79.3 Å². The quantitative estimate of drug-likeness (QED) is 0.517. The highest BCUT2D eigenvalue weighted by molar-refractivity contribution is 7.15. The Balaban J connectivity index is 0.00000133. The molecule has 34 heavy (non-hydrogen) atoms. The van der Waals surface area contributed by atoms with Gasteiger partial charge in [-0.15, -0.1) is 11.3 Å².